The highest BCUT2D eigenvalue weighted by Gasteiger charge is 2.17. The minimum atomic E-state index is -0.765. The molecule has 0 saturated heterocycles. The summed E-state index contributed by atoms with van der Waals surface area (Å²) in [6, 6.07) is 4.46. The first-order valence-corrected chi connectivity index (χ1v) is 7.11. The molecule has 2 rings (SSSR count). The van der Waals surface area contributed by atoms with Crippen LogP contribution in [0.4, 0.5) is 20.3 Å². The molecule has 0 saturated carbocycles. The second kappa shape index (κ2) is 7.01. The topological polar surface area (TPSA) is 70.8 Å². The first kappa shape index (κ1) is 16.6. The van der Waals surface area contributed by atoms with Crippen molar-refractivity contribution in [3.63, 3.8) is 0 Å². The van der Waals surface area contributed by atoms with Crippen LogP contribution >= 0.6 is 0 Å². The molecule has 120 valence electrons. The third-order valence-corrected chi connectivity index (χ3v) is 3.41. The molecule has 0 radical (unpaired) electrons. The first-order chi connectivity index (χ1) is 11.0. The van der Waals surface area contributed by atoms with E-state index in [2.05, 4.69) is 15.3 Å². The van der Waals surface area contributed by atoms with Crippen molar-refractivity contribution in [1.82, 2.24) is 9.97 Å². The number of nitriles is 1. The van der Waals surface area contributed by atoms with Crippen LogP contribution in [-0.2, 0) is 0 Å². The zero-order chi connectivity index (χ0) is 17.0. The van der Waals surface area contributed by atoms with E-state index in [-0.39, 0.29) is 34.6 Å². The van der Waals surface area contributed by atoms with Crippen LogP contribution in [0.15, 0.2) is 18.5 Å². The van der Waals surface area contributed by atoms with E-state index >= 15 is 0 Å². The SMILES string of the molecule is CCC(C)Oc1ncnc(Nc2ccc(F)c(C)c2C#N)c1F. The Morgan fingerprint density at radius 1 is 1.35 bits per heavy atom. The van der Waals surface area contributed by atoms with E-state index in [1.807, 2.05) is 13.0 Å². The molecule has 1 aromatic heterocycles. The molecule has 0 fully saturated rings. The van der Waals surface area contributed by atoms with Crippen LogP contribution in [0.2, 0.25) is 0 Å². The summed E-state index contributed by atoms with van der Waals surface area (Å²) >= 11 is 0. The lowest BCUT2D eigenvalue weighted by atomic mass is 10.1. The number of nitrogens with zero attached hydrogens (tertiary/aromatic N) is 3. The van der Waals surface area contributed by atoms with Gasteiger partial charge in [0.1, 0.15) is 18.2 Å². The van der Waals surface area contributed by atoms with Gasteiger partial charge in [0.05, 0.1) is 17.4 Å². The number of hydrogen-bond acceptors (Lipinski definition) is 5. The molecule has 1 unspecified atom stereocenters. The van der Waals surface area contributed by atoms with Gasteiger partial charge >= 0.3 is 0 Å². The van der Waals surface area contributed by atoms with E-state index in [1.54, 1.807) is 6.92 Å². The molecule has 1 heterocycles. The van der Waals surface area contributed by atoms with Crippen molar-refractivity contribution >= 4 is 11.5 Å². The lowest BCUT2D eigenvalue weighted by Crippen LogP contribution is -2.13. The maximum absolute atomic E-state index is 14.4. The molecule has 5 nitrogen and oxygen atoms in total. The highest BCUT2D eigenvalue weighted by molar-refractivity contribution is 5.67. The van der Waals surface area contributed by atoms with Gasteiger partial charge in [0, 0.05) is 5.56 Å². The van der Waals surface area contributed by atoms with Gasteiger partial charge in [0.25, 0.3) is 5.88 Å². The molecule has 1 atom stereocenters. The van der Waals surface area contributed by atoms with Crippen molar-refractivity contribution < 1.29 is 13.5 Å². The lowest BCUT2D eigenvalue weighted by molar-refractivity contribution is 0.198. The molecule has 0 bridgehead atoms. The molecule has 0 spiro atoms. The van der Waals surface area contributed by atoms with Crippen molar-refractivity contribution in [2.75, 3.05) is 5.32 Å². The lowest BCUT2D eigenvalue weighted by Gasteiger charge is -2.14. The number of rotatable bonds is 5. The summed E-state index contributed by atoms with van der Waals surface area (Å²) in [5, 5.41) is 11.9. The third kappa shape index (κ3) is 3.54. The molecule has 23 heavy (non-hydrogen) atoms. The van der Waals surface area contributed by atoms with Crippen molar-refractivity contribution in [1.29, 1.82) is 5.26 Å². The van der Waals surface area contributed by atoms with E-state index < -0.39 is 11.6 Å². The van der Waals surface area contributed by atoms with Crippen LogP contribution in [0.3, 0.4) is 0 Å². The zero-order valence-corrected chi connectivity index (χ0v) is 13.0. The van der Waals surface area contributed by atoms with Gasteiger partial charge in [-0.15, -0.1) is 0 Å². The number of anilines is 2. The Balaban J connectivity index is 2.37. The Bertz CT molecular complexity index is 758. The van der Waals surface area contributed by atoms with E-state index in [0.29, 0.717) is 6.42 Å². The highest BCUT2D eigenvalue weighted by Crippen LogP contribution is 2.27. The molecule has 2 aromatic rings. The van der Waals surface area contributed by atoms with Gasteiger partial charge in [-0.25, -0.2) is 9.37 Å². The molecule has 0 aliphatic heterocycles. The monoisotopic (exact) mass is 318 g/mol. The van der Waals surface area contributed by atoms with Crippen molar-refractivity contribution in [3.8, 4) is 11.9 Å². The Labute approximate surface area is 133 Å². The fraction of sp³-hybridized carbons (Fsp3) is 0.312. The van der Waals surface area contributed by atoms with Gasteiger partial charge < -0.3 is 10.1 Å². The van der Waals surface area contributed by atoms with Crippen molar-refractivity contribution in [3.05, 3.63) is 41.2 Å². The van der Waals surface area contributed by atoms with E-state index in [4.69, 9.17) is 10.00 Å². The molecule has 0 aliphatic rings. The standard InChI is InChI=1S/C16H16F2N4O/c1-4-9(2)23-16-14(18)15(20-8-21-16)22-13-6-5-12(17)10(3)11(13)7-19/h5-6,8-9H,4H2,1-3H3,(H,20,21,22). The number of halogens is 2. The zero-order valence-electron chi connectivity index (χ0n) is 13.0. The van der Waals surface area contributed by atoms with Gasteiger partial charge in [0.2, 0.25) is 5.82 Å². The Morgan fingerprint density at radius 2 is 2.09 bits per heavy atom. The number of aromatic nitrogens is 2. The average Bonchev–Trinajstić information content (AvgIpc) is 2.54. The molecule has 0 amide bonds. The van der Waals surface area contributed by atoms with Gasteiger partial charge in [-0.2, -0.15) is 14.6 Å². The predicted octanol–water partition coefficient (Wildman–Crippen LogP) is 3.86. The summed E-state index contributed by atoms with van der Waals surface area (Å²) in [5.41, 5.74) is 0.536. The van der Waals surface area contributed by atoms with Crippen molar-refractivity contribution in [2.45, 2.75) is 33.3 Å². The Morgan fingerprint density at radius 3 is 2.74 bits per heavy atom. The fourth-order valence-electron chi connectivity index (χ4n) is 1.86. The largest absolute Gasteiger partial charge is 0.472 e. The van der Waals surface area contributed by atoms with E-state index in [1.165, 1.54) is 19.1 Å². The predicted molar refractivity (Wildman–Crippen MR) is 81.5 cm³/mol. The normalized spacial score (nSPS) is 11.7. The number of benzene rings is 1. The van der Waals surface area contributed by atoms with Crippen LogP contribution < -0.4 is 10.1 Å². The second-order valence-corrected chi connectivity index (χ2v) is 5.01. The number of ether oxygens (including phenoxy) is 1. The third-order valence-electron chi connectivity index (χ3n) is 3.41. The van der Waals surface area contributed by atoms with E-state index in [0.717, 1.165) is 6.33 Å². The molecular weight excluding hydrogens is 302 g/mol. The van der Waals surface area contributed by atoms with Crippen LogP contribution in [0.25, 0.3) is 0 Å². The minimum Gasteiger partial charge on any atom is -0.472 e. The Kier molecular flexibility index (Phi) is 5.06. The van der Waals surface area contributed by atoms with Crippen molar-refractivity contribution in [2.24, 2.45) is 0 Å². The first-order valence-electron chi connectivity index (χ1n) is 7.11. The van der Waals surface area contributed by atoms with Crippen LogP contribution in [0.5, 0.6) is 5.88 Å². The maximum atomic E-state index is 14.4. The number of hydrogen-bond donors (Lipinski definition) is 1. The summed E-state index contributed by atoms with van der Waals surface area (Å²) in [7, 11) is 0. The molecule has 7 heteroatoms. The minimum absolute atomic E-state index is 0.0902. The van der Waals surface area contributed by atoms with Crippen LogP contribution in [0, 0.1) is 29.9 Å². The molecule has 0 aliphatic carbocycles. The highest BCUT2D eigenvalue weighted by atomic mass is 19.1. The van der Waals surface area contributed by atoms with Crippen LogP contribution in [0.1, 0.15) is 31.4 Å². The van der Waals surface area contributed by atoms with Gasteiger partial charge in [-0.3, -0.25) is 0 Å². The quantitative estimate of drug-likeness (QED) is 0.906. The summed E-state index contributed by atoms with van der Waals surface area (Å²) in [6.07, 6.45) is 1.66. The van der Waals surface area contributed by atoms with Crippen LogP contribution in [-0.4, -0.2) is 16.1 Å². The Hall–Kier alpha value is -2.75. The van der Waals surface area contributed by atoms with Gasteiger partial charge in [-0.05, 0) is 32.4 Å². The van der Waals surface area contributed by atoms with Gasteiger partial charge in [-0.1, -0.05) is 6.92 Å². The van der Waals surface area contributed by atoms with E-state index in [9.17, 15) is 8.78 Å². The smallest absolute Gasteiger partial charge is 0.256 e. The molecular formula is C16H16F2N4O. The summed E-state index contributed by atoms with van der Waals surface area (Å²) in [4.78, 5) is 7.58. The second-order valence-electron chi connectivity index (χ2n) is 5.01. The molecule has 1 aromatic carbocycles. The summed E-state index contributed by atoms with van der Waals surface area (Å²) < 4.78 is 33.3. The maximum Gasteiger partial charge on any atom is 0.256 e. The number of nitrogens with one attached hydrogen (secondary N) is 1. The summed E-state index contributed by atoms with van der Waals surface area (Å²) in [5.74, 6) is -1.58. The molecule has 1 N–H and O–H groups in total. The summed E-state index contributed by atoms with van der Waals surface area (Å²) in [6.45, 7) is 5.18. The fourth-order valence-corrected chi connectivity index (χ4v) is 1.86. The average molecular weight is 318 g/mol. The van der Waals surface area contributed by atoms with Gasteiger partial charge in [0.15, 0.2) is 5.82 Å².